The van der Waals surface area contributed by atoms with Crippen molar-refractivity contribution < 1.29 is 38.0 Å². The number of rotatable bonds is 6. The van der Waals surface area contributed by atoms with Gasteiger partial charge in [0, 0.05) is 13.8 Å². The largest absolute Gasteiger partial charge is 0.465 e. The van der Waals surface area contributed by atoms with Gasteiger partial charge in [-0.05, 0) is 12.8 Å². The van der Waals surface area contributed by atoms with Crippen molar-refractivity contribution in [3.63, 3.8) is 0 Å². The van der Waals surface area contributed by atoms with E-state index in [9.17, 15) is 9.59 Å². The van der Waals surface area contributed by atoms with Crippen LogP contribution in [0.4, 0.5) is 0 Å². The predicted octanol–water partition coefficient (Wildman–Crippen LogP) is 1.61. The topological polar surface area (TPSA) is 89.5 Å². The molecule has 144 valence electrons. The lowest BCUT2D eigenvalue weighted by atomic mass is 9.86. The SMILES string of the molecule is CCC1(COC(C)=O)COC2(OC1)OCC(CC)(COC(C)=O)CO2. The van der Waals surface area contributed by atoms with Gasteiger partial charge in [0.15, 0.2) is 0 Å². The Hall–Kier alpha value is -1.22. The molecule has 0 aromatic carbocycles. The lowest BCUT2D eigenvalue weighted by Crippen LogP contribution is -2.59. The van der Waals surface area contributed by atoms with Crippen LogP contribution in [-0.2, 0) is 38.0 Å². The fourth-order valence-corrected chi connectivity index (χ4v) is 2.59. The third-order valence-electron chi connectivity index (χ3n) is 4.88. The second-order valence-electron chi connectivity index (χ2n) is 6.92. The standard InChI is InChI=1S/C17H28O8/c1-5-15(7-20-13(3)18)9-22-17(23-10-15)24-11-16(6-2,12-25-17)8-21-14(4)19/h5-12H2,1-4H3. The lowest BCUT2D eigenvalue weighted by Gasteiger charge is -2.48. The molecule has 0 saturated carbocycles. The van der Waals surface area contributed by atoms with Gasteiger partial charge in [-0.1, -0.05) is 13.8 Å². The van der Waals surface area contributed by atoms with E-state index < -0.39 is 17.0 Å². The molecular formula is C17H28O8. The minimum atomic E-state index is -1.54. The first-order valence-corrected chi connectivity index (χ1v) is 8.61. The van der Waals surface area contributed by atoms with Gasteiger partial charge < -0.3 is 28.4 Å². The molecule has 2 rings (SSSR count). The molecule has 2 aliphatic heterocycles. The van der Waals surface area contributed by atoms with Crippen molar-refractivity contribution in [2.24, 2.45) is 10.8 Å². The Morgan fingerprint density at radius 3 is 1.32 bits per heavy atom. The van der Waals surface area contributed by atoms with Crippen LogP contribution in [0.1, 0.15) is 40.5 Å². The van der Waals surface area contributed by atoms with Crippen LogP contribution in [0.3, 0.4) is 0 Å². The fraction of sp³-hybridized carbons (Fsp3) is 0.882. The van der Waals surface area contributed by atoms with E-state index in [0.717, 1.165) is 12.8 Å². The molecule has 0 bridgehead atoms. The highest BCUT2D eigenvalue weighted by Crippen LogP contribution is 2.40. The number of hydrogen-bond donors (Lipinski definition) is 0. The monoisotopic (exact) mass is 360 g/mol. The van der Waals surface area contributed by atoms with Crippen molar-refractivity contribution in [3.8, 4) is 0 Å². The van der Waals surface area contributed by atoms with Crippen molar-refractivity contribution in [2.45, 2.75) is 46.7 Å². The second kappa shape index (κ2) is 7.99. The van der Waals surface area contributed by atoms with E-state index in [0.29, 0.717) is 26.4 Å². The maximum atomic E-state index is 11.1. The maximum Gasteiger partial charge on any atom is 0.412 e. The summed E-state index contributed by atoms with van der Waals surface area (Å²) in [5.41, 5.74) is -0.832. The number of ether oxygens (including phenoxy) is 6. The molecule has 2 heterocycles. The molecule has 0 aromatic rings. The van der Waals surface area contributed by atoms with Gasteiger partial charge in [0.1, 0.15) is 13.2 Å². The average Bonchev–Trinajstić information content (AvgIpc) is 2.62. The third kappa shape index (κ3) is 4.91. The van der Waals surface area contributed by atoms with Crippen LogP contribution in [-0.4, -0.2) is 57.7 Å². The normalized spacial score (nSPS) is 35.4. The zero-order valence-corrected chi connectivity index (χ0v) is 15.4. The minimum Gasteiger partial charge on any atom is -0.465 e. The quantitative estimate of drug-likeness (QED) is 0.660. The maximum absolute atomic E-state index is 11.1. The van der Waals surface area contributed by atoms with E-state index in [-0.39, 0.29) is 25.2 Å². The van der Waals surface area contributed by atoms with Gasteiger partial charge in [0.2, 0.25) is 0 Å². The Kier molecular flexibility index (Phi) is 6.42. The van der Waals surface area contributed by atoms with Crippen LogP contribution >= 0.6 is 0 Å². The molecule has 2 aliphatic rings. The molecule has 2 fully saturated rings. The zero-order chi connectivity index (χ0) is 18.6. The Balaban J connectivity index is 1.91. The third-order valence-corrected chi connectivity index (χ3v) is 4.88. The Morgan fingerprint density at radius 1 is 0.760 bits per heavy atom. The molecule has 0 aliphatic carbocycles. The predicted molar refractivity (Wildman–Crippen MR) is 85.3 cm³/mol. The van der Waals surface area contributed by atoms with Gasteiger partial charge >= 0.3 is 18.1 Å². The highest BCUT2D eigenvalue weighted by Gasteiger charge is 2.52. The summed E-state index contributed by atoms with van der Waals surface area (Å²) in [7, 11) is 0. The summed E-state index contributed by atoms with van der Waals surface area (Å²) in [5, 5.41) is 0. The summed E-state index contributed by atoms with van der Waals surface area (Å²) >= 11 is 0. The van der Waals surface area contributed by atoms with Gasteiger partial charge in [-0.3, -0.25) is 9.59 Å². The molecule has 0 aromatic heterocycles. The van der Waals surface area contributed by atoms with Crippen LogP contribution in [0, 0.1) is 10.8 Å². The van der Waals surface area contributed by atoms with E-state index in [4.69, 9.17) is 28.4 Å². The highest BCUT2D eigenvalue weighted by molar-refractivity contribution is 5.66. The molecule has 0 atom stereocenters. The summed E-state index contributed by atoms with van der Waals surface area (Å²) < 4.78 is 33.2. The van der Waals surface area contributed by atoms with Gasteiger partial charge in [-0.25, -0.2) is 0 Å². The van der Waals surface area contributed by atoms with Crippen LogP contribution in [0.5, 0.6) is 0 Å². The van der Waals surface area contributed by atoms with Crippen molar-refractivity contribution >= 4 is 11.9 Å². The number of hydrogen-bond acceptors (Lipinski definition) is 8. The zero-order valence-electron chi connectivity index (χ0n) is 15.4. The first-order valence-electron chi connectivity index (χ1n) is 8.61. The highest BCUT2D eigenvalue weighted by atomic mass is 17.0. The Labute approximate surface area is 148 Å². The van der Waals surface area contributed by atoms with E-state index in [1.807, 2.05) is 13.8 Å². The van der Waals surface area contributed by atoms with Gasteiger partial charge in [-0.2, -0.15) is 0 Å². The van der Waals surface area contributed by atoms with E-state index in [1.54, 1.807) is 0 Å². The Bertz CT molecular complexity index is 426. The molecule has 1 spiro atoms. The summed E-state index contributed by atoms with van der Waals surface area (Å²) in [6.45, 7) is 8.32. The van der Waals surface area contributed by atoms with Crippen molar-refractivity contribution in [1.29, 1.82) is 0 Å². The van der Waals surface area contributed by atoms with Crippen LogP contribution < -0.4 is 0 Å². The second-order valence-corrected chi connectivity index (χ2v) is 6.92. The summed E-state index contributed by atoms with van der Waals surface area (Å²) in [6.07, 6.45) is -0.0901. The van der Waals surface area contributed by atoms with Crippen molar-refractivity contribution in [3.05, 3.63) is 0 Å². The van der Waals surface area contributed by atoms with Crippen LogP contribution in [0.15, 0.2) is 0 Å². The van der Waals surface area contributed by atoms with Gasteiger partial charge in [0.05, 0.1) is 37.3 Å². The molecule has 2 saturated heterocycles. The first-order chi connectivity index (χ1) is 11.8. The summed E-state index contributed by atoms with van der Waals surface area (Å²) in [6, 6.07) is 0. The summed E-state index contributed by atoms with van der Waals surface area (Å²) in [5.74, 6) is -0.673. The number of carbonyl (C=O) groups is 2. The molecule has 0 unspecified atom stereocenters. The first kappa shape index (κ1) is 20.1. The molecule has 25 heavy (non-hydrogen) atoms. The smallest absolute Gasteiger partial charge is 0.412 e. The van der Waals surface area contributed by atoms with Crippen molar-refractivity contribution in [1.82, 2.24) is 0 Å². The molecule has 8 nitrogen and oxygen atoms in total. The van der Waals surface area contributed by atoms with E-state index >= 15 is 0 Å². The lowest BCUT2D eigenvalue weighted by molar-refractivity contribution is -0.548. The molecule has 0 N–H and O–H groups in total. The van der Waals surface area contributed by atoms with Crippen LogP contribution in [0.25, 0.3) is 0 Å². The number of carbonyl (C=O) groups excluding carboxylic acids is 2. The average molecular weight is 360 g/mol. The number of esters is 2. The van der Waals surface area contributed by atoms with Gasteiger partial charge in [-0.15, -0.1) is 0 Å². The molecule has 8 heteroatoms. The Morgan fingerprint density at radius 2 is 1.08 bits per heavy atom. The fourth-order valence-electron chi connectivity index (χ4n) is 2.59. The molecule has 0 radical (unpaired) electrons. The summed E-state index contributed by atoms with van der Waals surface area (Å²) in [4.78, 5) is 22.1. The van der Waals surface area contributed by atoms with Crippen LogP contribution in [0.2, 0.25) is 0 Å². The van der Waals surface area contributed by atoms with E-state index in [1.165, 1.54) is 13.8 Å². The van der Waals surface area contributed by atoms with Gasteiger partial charge in [0.25, 0.3) is 0 Å². The van der Waals surface area contributed by atoms with Crippen molar-refractivity contribution in [2.75, 3.05) is 39.6 Å². The van der Waals surface area contributed by atoms with E-state index in [2.05, 4.69) is 0 Å². The molecule has 0 amide bonds. The minimum absolute atomic E-state index is 0.222. The molecular weight excluding hydrogens is 332 g/mol.